The molecular formula is C22H35N5O2S. The second-order valence-corrected chi connectivity index (χ2v) is 8.04. The topological polar surface area (TPSA) is 91.2 Å². The lowest BCUT2D eigenvalue weighted by Gasteiger charge is -2.15. The van der Waals surface area contributed by atoms with E-state index in [-0.39, 0.29) is 16.9 Å². The van der Waals surface area contributed by atoms with Crippen molar-refractivity contribution in [1.82, 2.24) is 26.3 Å². The van der Waals surface area contributed by atoms with Crippen LogP contribution in [0.3, 0.4) is 0 Å². The number of rotatable bonds is 4. The van der Waals surface area contributed by atoms with Gasteiger partial charge in [0.2, 0.25) is 5.89 Å². The molecule has 1 aromatic heterocycles. The third-order valence-corrected chi connectivity index (χ3v) is 4.64. The predicted molar refractivity (Wildman–Crippen MR) is 126 cm³/mol. The Bertz CT molecular complexity index is 788. The molecule has 2 amide bonds. The van der Waals surface area contributed by atoms with Crippen LogP contribution in [0, 0.1) is 0 Å². The summed E-state index contributed by atoms with van der Waals surface area (Å²) in [6, 6.07) is -0.256. The molecular weight excluding hydrogens is 398 g/mol. The molecule has 0 aliphatic carbocycles. The molecule has 0 saturated carbocycles. The number of amides is 2. The Balaban J connectivity index is 0.00000106. The van der Waals surface area contributed by atoms with Crippen molar-refractivity contribution >= 4 is 23.9 Å². The molecule has 1 aromatic rings. The van der Waals surface area contributed by atoms with E-state index in [4.69, 9.17) is 4.42 Å². The SMILES string of the molecule is CC.CC.CC(C)(C)c1cnc(/C=C/C2=CNC(NC(=O)NC3=CCNC=C3)S2)o1. The molecule has 0 radical (unpaired) electrons. The standard InChI is InChI=1S/C18H23N5O2S.2C2H6/c1-18(2,3)14-11-20-15(25-14)5-4-13-10-21-17(26-13)23-16(24)22-12-6-8-19-9-7-12;2*1-2/h4-8,10-11,17,19,21H,9H2,1-3H3,(H2,22,23,24);2*1-2H3/b5-4+;;. The van der Waals surface area contributed by atoms with E-state index in [2.05, 4.69) is 47.0 Å². The summed E-state index contributed by atoms with van der Waals surface area (Å²) in [5.74, 6) is 1.41. The molecule has 3 rings (SSSR count). The number of nitrogens with one attached hydrogen (secondary N) is 4. The molecule has 8 heteroatoms. The van der Waals surface area contributed by atoms with Gasteiger partial charge < -0.3 is 25.7 Å². The largest absolute Gasteiger partial charge is 0.441 e. The lowest BCUT2D eigenvalue weighted by atomic mass is 9.94. The normalized spacial score (nSPS) is 17.4. The fourth-order valence-electron chi connectivity index (χ4n) is 2.22. The average molecular weight is 434 g/mol. The summed E-state index contributed by atoms with van der Waals surface area (Å²) in [6.07, 6.45) is 12.9. The number of oxazole rings is 1. The second kappa shape index (κ2) is 12.8. The van der Waals surface area contributed by atoms with Crippen LogP contribution in [0.5, 0.6) is 0 Å². The minimum absolute atomic E-state index is 0.0660. The Morgan fingerprint density at radius 3 is 2.60 bits per heavy atom. The maximum absolute atomic E-state index is 12.0. The molecule has 30 heavy (non-hydrogen) atoms. The molecule has 2 aliphatic heterocycles. The van der Waals surface area contributed by atoms with Crippen molar-refractivity contribution in [3.63, 3.8) is 0 Å². The molecule has 0 fully saturated rings. The van der Waals surface area contributed by atoms with Crippen LogP contribution in [0.2, 0.25) is 0 Å². The maximum atomic E-state index is 12.0. The van der Waals surface area contributed by atoms with Gasteiger partial charge in [-0.25, -0.2) is 9.78 Å². The van der Waals surface area contributed by atoms with E-state index < -0.39 is 0 Å². The van der Waals surface area contributed by atoms with Gasteiger partial charge in [-0.15, -0.1) is 0 Å². The fourth-order valence-corrected chi connectivity index (χ4v) is 3.07. The maximum Gasteiger partial charge on any atom is 0.321 e. The van der Waals surface area contributed by atoms with Crippen LogP contribution in [0.4, 0.5) is 4.79 Å². The average Bonchev–Trinajstić information content (AvgIpc) is 3.39. The van der Waals surface area contributed by atoms with E-state index in [9.17, 15) is 4.79 Å². The van der Waals surface area contributed by atoms with E-state index in [1.807, 2.05) is 58.2 Å². The minimum atomic E-state index is -0.256. The molecule has 0 aromatic carbocycles. The molecule has 4 N–H and O–H groups in total. The van der Waals surface area contributed by atoms with Gasteiger partial charge in [0.25, 0.3) is 0 Å². The van der Waals surface area contributed by atoms with Crippen molar-refractivity contribution in [1.29, 1.82) is 0 Å². The van der Waals surface area contributed by atoms with Gasteiger partial charge in [-0.05, 0) is 24.4 Å². The summed E-state index contributed by atoms with van der Waals surface area (Å²) in [5.41, 5.74) is 0.482. The van der Waals surface area contributed by atoms with E-state index in [1.165, 1.54) is 11.8 Å². The second-order valence-electron chi connectivity index (χ2n) is 6.86. The Kier molecular flexibility index (Phi) is 10.9. The van der Waals surface area contributed by atoms with E-state index in [0.29, 0.717) is 12.4 Å². The van der Waals surface area contributed by atoms with Crippen LogP contribution in [0.15, 0.2) is 51.8 Å². The first-order valence-corrected chi connectivity index (χ1v) is 11.2. The first-order valence-electron chi connectivity index (χ1n) is 10.3. The molecule has 1 unspecified atom stereocenters. The summed E-state index contributed by atoms with van der Waals surface area (Å²) in [5, 5.41) is 11.8. The number of dihydropyridines is 1. The van der Waals surface area contributed by atoms with Gasteiger partial charge >= 0.3 is 6.03 Å². The van der Waals surface area contributed by atoms with Gasteiger partial charge in [0.05, 0.1) is 6.20 Å². The molecule has 2 aliphatic rings. The number of carbonyl (C=O) groups is 1. The van der Waals surface area contributed by atoms with Crippen molar-refractivity contribution < 1.29 is 9.21 Å². The fraction of sp³-hybridized carbons (Fsp3) is 0.455. The molecule has 0 bridgehead atoms. The highest BCUT2D eigenvalue weighted by molar-refractivity contribution is 8.04. The van der Waals surface area contributed by atoms with Crippen molar-refractivity contribution in [2.45, 2.75) is 59.4 Å². The van der Waals surface area contributed by atoms with Crippen molar-refractivity contribution in [3.8, 4) is 0 Å². The Labute approximate surface area is 184 Å². The highest BCUT2D eigenvalue weighted by Crippen LogP contribution is 2.27. The van der Waals surface area contributed by atoms with Gasteiger partial charge in [0.15, 0.2) is 5.50 Å². The van der Waals surface area contributed by atoms with Crippen LogP contribution < -0.4 is 21.3 Å². The number of thioether (sulfide) groups is 1. The number of allylic oxidation sites excluding steroid dienone is 2. The lowest BCUT2D eigenvalue weighted by Crippen LogP contribution is -2.44. The van der Waals surface area contributed by atoms with Gasteiger partial charge in [-0.1, -0.05) is 60.2 Å². The number of urea groups is 1. The highest BCUT2D eigenvalue weighted by atomic mass is 32.2. The smallest absolute Gasteiger partial charge is 0.321 e. The summed E-state index contributed by atoms with van der Waals surface area (Å²) < 4.78 is 5.73. The lowest BCUT2D eigenvalue weighted by molar-refractivity contribution is 0.242. The van der Waals surface area contributed by atoms with Crippen molar-refractivity contribution in [2.24, 2.45) is 0 Å². The molecule has 1 atom stereocenters. The quantitative estimate of drug-likeness (QED) is 0.545. The van der Waals surface area contributed by atoms with Gasteiger partial charge in [0.1, 0.15) is 5.76 Å². The van der Waals surface area contributed by atoms with Crippen LogP contribution in [-0.4, -0.2) is 23.1 Å². The molecule has 166 valence electrons. The summed E-state index contributed by atoms with van der Waals surface area (Å²) in [6.45, 7) is 14.9. The highest BCUT2D eigenvalue weighted by Gasteiger charge is 2.20. The third-order valence-electron chi connectivity index (χ3n) is 3.62. The third kappa shape index (κ3) is 8.41. The number of nitrogens with zero attached hydrogens (tertiary/aromatic N) is 1. The minimum Gasteiger partial charge on any atom is -0.441 e. The van der Waals surface area contributed by atoms with Crippen molar-refractivity contribution in [3.05, 3.63) is 59.1 Å². The van der Waals surface area contributed by atoms with Crippen LogP contribution >= 0.6 is 11.8 Å². The van der Waals surface area contributed by atoms with E-state index in [1.54, 1.807) is 12.4 Å². The van der Waals surface area contributed by atoms with Crippen LogP contribution in [0.1, 0.15) is 60.1 Å². The van der Waals surface area contributed by atoms with Gasteiger partial charge in [0, 0.05) is 34.8 Å². The predicted octanol–water partition coefficient (Wildman–Crippen LogP) is 4.80. The zero-order chi connectivity index (χ0) is 22.6. The summed E-state index contributed by atoms with van der Waals surface area (Å²) >= 11 is 1.50. The zero-order valence-corrected chi connectivity index (χ0v) is 19.8. The Morgan fingerprint density at radius 1 is 1.27 bits per heavy atom. The molecule has 3 heterocycles. The number of hydrogen-bond acceptors (Lipinski definition) is 6. The Hall–Kier alpha value is -2.61. The molecule has 0 saturated heterocycles. The molecule has 7 nitrogen and oxygen atoms in total. The van der Waals surface area contributed by atoms with Crippen LogP contribution in [-0.2, 0) is 5.41 Å². The number of aromatic nitrogens is 1. The first kappa shape index (κ1) is 25.4. The van der Waals surface area contributed by atoms with Crippen molar-refractivity contribution in [2.75, 3.05) is 6.54 Å². The van der Waals surface area contributed by atoms with E-state index >= 15 is 0 Å². The number of carbonyl (C=O) groups excluding carboxylic acids is 1. The van der Waals surface area contributed by atoms with E-state index in [0.717, 1.165) is 16.4 Å². The van der Waals surface area contributed by atoms with Crippen LogP contribution in [0.25, 0.3) is 6.08 Å². The monoisotopic (exact) mass is 433 g/mol. The Morgan fingerprint density at radius 2 is 2.00 bits per heavy atom. The number of hydrogen-bond donors (Lipinski definition) is 4. The summed E-state index contributed by atoms with van der Waals surface area (Å²) in [4.78, 5) is 17.3. The van der Waals surface area contributed by atoms with Gasteiger partial charge in [-0.3, -0.25) is 0 Å². The van der Waals surface area contributed by atoms with Gasteiger partial charge in [-0.2, -0.15) is 0 Å². The summed E-state index contributed by atoms with van der Waals surface area (Å²) in [7, 11) is 0. The molecule has 0 spiro atoms. The first-order chi connectivity index (χ1) is 14.4. The zero-order valence-electron chi connectivity index (χ0n) is 19.0.